The predicted molar refractivity (Wildman–Crippen MR) is 82.3 cm³/mol. The van der Waals surface area contributed by atoms with E-state index < -0.39 is 0 Å². The summed E-state index contributed by atoms with van der Waals surface area (Å²) in [5.74, 6) is 0.735. The summed E-state index contributed by atoms with van der Waals surface area (Å²) in [5.41, 5.74) is 0.670. The molecule has 1 N–H and O–H groups in total. The lowest BCUT2D eigenvalue weighted by molar-refractivity contribution is 0.0948. The van der Waals surface area contributed by atoms with Crippen LogP contribution in [-0.2, 0) is 0 Å². The minimum Gasteiger partial charge on any atom is -0.497 e. The molecule has 0 unspecified atom stereocenters. The third-order valence-corrected chi connectivity index (χ3v) is 3.15. The number of nitrogens with one attached hydrogen (secondary N) is 1. The lowest BCUT2D eigenvalue weighted by atomic mass is 10.2. The van der Waals surface area contributed by atoms with Crippen LogP contribution in [0.2, 0.25) is 0 Å². The molecule has 0 heterocycles. The average Bonchev–Trinajstić information content (AvgIpc) is 2.47. The third-order valence-electron chi connectivity index (χ3n) is 3.15. The molecule has 1 amide bonds. The summed E-state index contributed by atoms with van der Waals surface area (Å²) < 4.78 is 5.08. The van der Waals surface area contributed by atoms with Gasteiger partial charge < -0.3 is 15.0 Å². The molecule has 1 aromatic rings. The maximum absolute atomic E-state index is 12.0. The summed E-state index contributed by atoms with van der Waals surface area (Å²) in [7, 11) is 1.62. The van der Waals surface area contributed by atoms with Gasteiger partial charge in [0, 0.05) is 18.7 Å². The number of carbonyl (C=O) groups excluding carboxylic acids is 1. The van der Waals surface area contributed by atoms with E-state index in [2.05, 4.69) is 24.1 Å². The van der Waals surface area contributed by atoms with E-state index in [1.165, 1.54) is 0 Å². The maximum atomic E-state index is 12.0. The van der Waals surface area contributed by atoms with E-state index in [9.17, 15) is 4.79 Å². The zero-order valence-electron chi connectivity index (χ0n) is 12.8. The average molecular weight is 278 g/mol. The Balaban J connectivity index is 2.37. The van der Waals surface area contributed by atoms with Gasteiger partial charge in [-0.2, -0.15) is 0 Å². The first kappa shape index (κ1) is 16.5. The second-order valence-corrected chi connectivity index (χ2v) is 4.83. The monoisotopic (exact) mass is 278 g/mol. The Morgan fingerprint density at radius 3 is 2.20 bits per heavy atom. The van der Waals surface area contributed by atoms with Crippen LogP contribution in [-0.4, -0.2) is 44.1 Å². The molecule has 0 radical (unpaired) electrons. The Morgan fingerprint density at radius 1 is 1.10 bits per heavy atom. The molecule has 20 heavy (non-hydrogen) atoms. The highest BCUT2D eigenvalue weighted by Crippen LogP contribution is 2.10. The van der Waals surface area contributed by atoms with Crippen molar-refractivity contribution in [3.8, 4) is 5.75 Å². The number of nitrogens with zero attached hydrogens (tertiary/aromatic N) is 1. The van der Waals surface area contributed by atoms with Crippen molar-refractivity contribution in [3.05, 3.63) is 29.8 Å². The Bertz CT molecular complexity index is 384. The van der Waals surface area contributed by atoms with Crippen molar-refractivity contribution in [3.63, 3.8) is 0 Å². The standard InChI is InChI=1S/C16H26N2O2/c1-4-11-18(12-5-2)13-10-17-16(19)14-6-8-15(20-3)9-7-14/h6-9H,4-5,10-13H2,1-3H3,(H,17,19). The van der Waals surface area contributed by atoms with Crippen molar-refractivity contribution in [2.24, 2.45) is 0 Å². The zero-order valence-corrected chi connectivity index (χ0v) is 12.8. The number of hydrogen-bond acceptors (Lipinski definition) is 3. The smallest absolute Gasteiger partial charge is 0.251 e. The first-order chi connectivity index (χ1) is 9.71. The zero-order chi connectivity index (χ0) is 14.8. The van der Waals surface area contributed by atoms with Gasteiger partial charge in [-0.3, -0.25) is 4.79 Å². The van der Waals surface area contributed by atoms with Gasteiger partial charge in [-0.1, -0.05) is 13.8 Å². The van der Waals surface area contributed by atoms with Crippen LogP contribution in [0.3, 0.4) is 0 Å². The number of hydrogen-bond donors (Lipinski definition) is 1. The summed E-state index contributed by atoms with van der Waals surface area (Å²) in [6.45, 7) is 8.13. The van der Waals surface area contributed by atoms with Crippen LogP contribution in [0, 0.1) is 0 Å². The minimum absolute atomic E-state index is 0.0272. The molecule has 0 aliphatic heterocycles. The molecule has 4 nitrogen and oxygen atoms in total. The highest BCUT2D eigenvalue weighted by molar-refractivity contribution is 5.94. The summed E-state index contributed by atoms with van der Waals surface area (Å²) in [5, 5.41) is 2.96. The van der Waals surface area contributed by atoms with E-state index in [1.54, 1.807) is 31.4 Å². The Labute approximate surface area is 122 Å². The van der Waals surface area contributed by atoms with Crippen molar-refractivity contribution in [1.82, 2.24) is 10.2 Å². The molecule has 1 rings (SSSR count). The molecule has 4 heteroatoms. The van der Waals surface area contributed by atoms with Crippen molar-refractivity contribution in [2.75, 3.05) is 33.3 Å². The molecule has 112 valence electrons. The Hall–Kier alpha value is -1.55. The number of rotatable bonds is 9. The number of methoxy groups -OCH3 is 1. The molecule has 0 spiro atoms. The highest BCUT2D eigenvalue weighted by atomic mass is 16.5. The summed E-state index contributed by atoms with van der Waals surface area (Å²) >= 11 is 0. The van der Waals surface area contributed by atoms with E-state index in [0.717, 1.165) is 38.2 Å². The van der Waals surface area contributed by atoms with E-state index in [1.807, 2.05) is 0 Å². The van der Waals surface area contributed by atoms with E-state index in [4.69, 9.17) is 4.74 Å². The largest absolute Gasteiger partial charge is 0.497 e. The molecule has 0 aromatic heterocycles. The second kappa shape index (κ2) is 9.37. The van der Waals surface area contributed by atoms with E-state index >= 15 is 0 Å². The molecule has 0 saturated heterocycles. The van der Waals surface area contributed by atoms with Gasteiger partial charge in [0.1, 0.15) is 5.75 Å². The fraction of sp³-hybridized carbons (Fsp3) is 0.562. The fourth-order valence-corrected chi connectivity index (χ4v) is 2.14. The van der Waals surface area contributed by atoms with Crippen molar-refractivity contribution in [2.45, 2.75) is 26.7 Å². The van der Waals surface area contributed by atoms with Crippen molar-refractivity contribution in [1.29, 1.82) is 0 Å². The number of carbonyl (C=O) groups is 1. The lowest BCUT2D eigenvalue weighted by Gasteiger charge is -2.20. The molecule has 0 saturated carbocycles. The summed E-state index contributed by atoms with van der Waals surface area (Å²) in [6.07, 6.45) is 2.29. The topological polar surface area (TPSA) is 41.6 Å². The van der Waals surface area contributed by atoms with Gasteiger partial charge in [-0.25, -0.2) is 0 Å². The molecule has 1 aromatic carbocycles. The first-order valence-corrected chi connectivity index (χ1v) is 7.35. The van der Waals surface area contributed by atoms with Crippen LogP contribution in [0.15, 0.2) is 24.3 Å². The second-order valence-electron chi connectivity index (χ2n) is 4.83. The van der Waals surface area contributed by atoms with Gasteiger partial charge >= 0.3 is 0 Å². The van der Waals surface area contributed by atoms with Crippen LogP contribution in [0.25, 0.3) is 0 Å². The maximum Gasteiger partial charge on any atom is 0.251 e. The van der Waals surface area contributed by atoms with Gasteiger partial charge in [-0.05, 0) is 50.2 Å². The molecule has 0 aliphatic rings. The Morgan fingerprint density at radius 2 is 1.70 bits per heavy atom. The van der Waals surface area contributed by atoms with Gasteiger partial charge in [-0.15, -0.1) is 0 Å². The minimum atomic E-state index is -0.0272. The van der Waals surface area contributed by atoms with E-state index in [0.29, 0.717) is 12.1 Å². The van der Waals surface area contributed by atoms with Gasteiger partial charge in [0.25, 0.3) is 5.91 Å². The van der Waals surface area contributed by atoms with Crippen LogP contribution in [0.4, 0.5) is 0 Å². The van der Waals surface area contributed by atoms with Crippen LogP contribution in [0.1, 0.15) is 37.0 Å². The molecular formula is C16H26N2O2. The molecule has 0 bridgehead atoms. The van der Waals surface area contributed by atoms with Gasteiger partial charge in [0.2, 0.25) is 0 Å². The number of benzene rings is 1. The highest BCUT2D eigenvalue weighted by Gasteiger charge is 2.06. The van der Waals surface area contributed by atoms with Crippen molar-refractivity contribution >= 4 is 5.91 Å². The normalized spacial score (nSPS) is 10.6. The summed E-state index contributed by atoms with van der Waals surface area (Å²) in [6, 6.07) is 7.17. The Kier molecular flexibility index (Phi) is 7.73. The van der Waals surface area contributed by atoms with Gasteiger partial charge in [0.05, 0.1) is 7.11 Å². The van der Waals surface area contributed by atoms with Crippen LogP contribution in [0.5, 0.6) is 5.75 Å². The predicted octanol–water partition coefficient (Wildman–Crippen LogP) is 2.55. The summed E-state index contributed by atoms with van der Waals surface area (Å²) in [4.78, 5) is 14.4. The number of amides is 1. The first-order valence-electron chi connectivity index (χ1n) is 7.35. The van der Waals surface area contributed by atoms with Crippen molar-refractivity contribution < 1.29 is 9.53 Å². The fourth-order valence-electron chi connectivity index (χ4n) is 2.14. The SMILES string of the molecule is CCCN(CCC)CCNC(=O)c1ccc(OC)cc1. The quantitative estimate of drug-likeness (QED) is 0.755. The molecule has 0 fully saturated rings. The molecule has 0 atom stereocenters. The lowest BCUT2D eigenvalue weighted by Crippen LogP contribution is -2.35. The van der Waals surface area contributed by atoms with E-state index in [-0.39, 0.29) is 5.91 Å². The van der Waals surface area contributed by atoms with Gasteiger partial charge in [0.15, 0.2) is 0 Å². The molecule has 0 aliphatic carbocycles. The van der Waals surface area contributed by atoms with Crippen LogP contribution >= 0.6 is 0 Å². The number of ether oxygens (including phenoxy) is 1. The molecular weight excluding hydrogens is 252 g/mol. The van der Waals surface area contributed by atoms with Crippen LogP contribution < -0.4 is 10.1 Å². The third kappa shape index (κ3) is 5.61.